The van der Waals surface area contributed by atoms with E-state index in [0.717, 1.165) is 19.7 Å². The molecule has 1 N–H and O–H groups in total. The minimum absolute atomic E-state index is 0.0889. The van der Waals surface area contributed by atoms with Crippen molar-refractivity contribution < 1.29 is 18.0 Å². The quantitative estimate of drug-likeness (QED) is 0.402. The van der Waals surface area contributed by atoms with Crippen molar-refractivity contribution in [3.8, 4) is 0 Å². The van der Waals surface area contributed by atoms with Crippen molar-refractivity contribution in [3.63, 3.8) is 0 Å². The number of hydrogen-bond donors (Lipinski definition) is 1. The number of halogens is 1. The smallest absolute Gasteiger partial charge is 0.304 e. The lowest BCUT2D eigenvalue weighted by Gasteiger charge is -2.34. The predicted octanol–water partition coefficient (Wildman–Crippen LogP) is 3.34. The molecule has 3 aromatic carbocycles. The number of nitrogens with one attached hydrogen (secondary N) is 1. The van der Waals surface area contributed by atoms with Gasteiger partial charge in [-0.3, -0.25) is 9.59 Å². The van der Waals surface area contributed by atoms with E-state index in [2.05, 4.69) is 5.32 Å². The van der Waals surface area contributed by atoms with E-state index in [1.165, 1.54) is 26.0 Å². The van der Waals surface area contributed by atoms with Crippen molar-refractivity contribution >= 4 is 39.3 Å². The predicted molar refractivity (Wildman–Crippen MR) is 146 cm³/mol. The largest absolute Gasteiger partial charge is 0.357 e. The van der Waals surface area contributed by atoms with E-state index < -0.39 is 28.7 Å². The van der Waals surface area contributed by atoms with E-state index in [-0.39, 0.29) is 18.9 Å². The summed E-state index contributed by atoms with van der Waals surface area (Å²) in [5.41, 5.74) is 1.96. The Morgan fingerprint density at radius 1 is 0.865 bits per heavy atom. The first-order valence-electron chi connectivity index (χ1n) is 11.7. The number of nitrogens with zero attached hydrogens (tertiary/aromatic N) is 3. The van der Waals surface area contributed by atoms with E-state index in [1.54, 1.807) is 54.6 Å². The van der Waals surface area contributed by atoms with E-state index in [0.29, 0.717) is 10.7 Å². The molecule has 0 heterocycles. The second kappa shape index (κ2) is 12.7. The summed E-state index contributed by atoms with van der Waals surface area (Å²) in [6.07, 6.45) is 0.256. The van der Waals surface area contributed by atoms with Gasteiger partial charge in [0, 0.05) is 39.1 Å². The zero-order valence-corrected chi connectivity index (χ0v) is 22.6. The molecule has 3 rings (SSSR count). The van der Waals surface area contributed by atoms with Crippen LogP contribution < -0.4 is 9.62 Å². The molecule has 0 aliphatic carbocycles. The monoisotopic (exact) mass is 542 g/mol. The molecule has 196 valence electrons. The molecule has 1 atom stereocenters. The number of anilines is 1. The van der Waals surface area contributed by atoms with Crippen LogP contribution in [-0.2, 0) is 32.8 Å². The Hall–Kier alpha value is -3.40. The molecule has 0 aliphatic rings. The van der Waals surface area contributed by atoms with Crippen molar-refractivity contribution in [3.05, 3.63) is 101 Å². The fourth-order valence-corrected chi connectivity index (χ4v) is 5.00. The standard InChI is InChI=1S/C27H31ClN4O4S/c1-29-27(34)25(18-21-10-6-4-7-11-21)31(19-22-14-16-23(28)17-15-22)26(33)20-32(37(35,36)30(2)3)24-12-8-5-9-13-24/h4-17,25H,18-20H2,1-3H3,(H,29,34). The molecule has 0 fully saturated rings. The van der Waals surface area contributed by atoms with E-state index >= 15 is 0 Å². The normalized spacial score (nSPS) is 12.1. The Labute approximate surface area is 223 Å². The van der Waals surface area contributed by atoms with Gasteiger partial charge in [-0.1, -0.05) is 72.3 Å². The third kappa shape index (κ3) is 7.31. The topological polar surface area (TPSA) is 90.0 Å². The number of carbonyl (C=O) groups excluding carboxylic acids is 2. The first-order valence-corrected chi connectivity index (χ1v) is 13.5. The first-order chi connectivity index (χ1) is 17.6. The Morgan fingerprint density at radius 3 is 1.97 bits per heavy atom. The molecule has 0 spiro atoms. The number of hydrogen-bond acceptors (Lipinski definition) is 4. The summed E-state index contributed by atoms with van der Waals surface area (Å²) in [4.78, 5) is 28.4. The van der Waals surface area contributed by atoms with Gasteiger partial charge in [0.05, 0.1) is 5.69 Å². The third-order valence-electron chi connectivity index (χ3n) is 5.85. The van der Waals surface area contributed by atoms with Crippen LogP contribution in [-0.4, -0.2) is 63.2 Å². The van der Waals surface area contributed by atoms with Crippen LogP contribution in [0.5, 0.6) is 0 Å². The average molecular weight is 543 g/mol. The van der Waals surface area contributed by atoms with Gasteiger partial charge in [-0.2, -0.15) is 12.7 Å². The summed E-state index contributed by atoms with van der Waals surface area (Å²) >= 11 is 6.05. The molecule has 0 radical (unpaired) electrons. The highest BCUT2D eigenvalue weighted by atomic mass is 35.5. The molecule has 8 nitrogen and oxygen atoms in total. The highest BCUT2D eigenvalue weighted by molar-refractivity contribution is 7.90. The Balaban J connectivity index is 2.04. The third-order valence-corrected chi connectivity index (χ3v) is 7.92. The van der Waals surface area contributed by atoms with E-state index in [4.69, 9.17) is 11.6 Å². The van der Waals surface area contributed by atoms with Gasteiger partial charge in [-0.05, 0) is 35.4 Å². The minimum atomic E-state index is -4.01. The maximum absolute atomic E-state index is 13.9. The SMILES string of the molecule is CNC(=O)C(Cc1ccccc1)N(Cc1ccc(Cl)cc1)C(=O)CN(c1ccccc1)S(=O)(=O)N(C)C. The molecule has 10 heteroatoms. The highest BCUT2D eigenvalue weighted by Gasteiger charge is 2.34. The molecule has 0 aromatic heterocycles. The van der Waals surface area contributed by atoms with Gasteiger partial charge in [0.2, 0.25) is 11.8 Å². The molecule has 0 saturated carbocycles. The van der Waals surface area contributed by atoms with Gasteiger partial charge >= 0.3 is 10.2 Å². The first kappa shape index (κ1) is 28.2. The van der Waals surface area contributed by atoms with Crippen LogP contribution in [0.1, 0.15) is 11.1 Å². The van der Waals surface area contributed by atoms with Crippen LogP contribution in [0, 0.1) is 0 Å². The molecule has 2 amide bonds. The van der Waals surface area contributed by atoms with Crippen LogP contribution in [0.15, 0.2) is 84.9 Å². The van der Waals surface area contributed by atoms with Crippen LogP contribution in [0.4, 0.5) is 5.69 Å². The molecule has 0 bridgehead atoms. The molecular weight excluding hydrogens is 512 g/mol. The zero-order chi connectivity index (χ0) is 27.0. The fourth-order valence-electron chi connectivity index (χ4n) is 3.82. The van der Waals surface area contributed by atoms with Crippen molar-refractivity contribution in [1.29, 1.82) is 0 Å². The Kier molecular flexibility index (Phi) is 9.68. The molecule has 0 saturated heterocycles. The van der Waals surface area contributed by atoms with Crippen LogP contribution in [0.25, 0.3) is 0 Å². The maximum Gasteiger partial charge on any atom is 0.304 e. The summed E-state index contributed by atoms with van der Waals surface area (Å²) in [6, 6.07) is 23.9. The van der Waals surface area contributed by atoms with Crippen LogP contribution in [0.2, 0.25) is 5.02 Å². The van der Waals surface area contributed by atoms with Crippen LogP contribution >= 0.6 is 11.6 Å². The van der Waals surface area contributed by atoms with Gasteiger partial charge in [-0.15, -0.1) is 0 Å². The number of benzene rings is 3. The molecular formula is C27H31ClN4O4S. The zero-order valence-electron chi connectivity index (χ0n) is 21.0. The number of carbonyl (C=O) groups is 2. The van der Waals surface area contributed by atoms with E-state index in [1.807, 2.05) is 30.3 Å². The Morgan fingerprint density at radius 2 is 1.43 bits per heavy atom. The summed E-state index contributed by atoms with van der Waals surface area (Å²) in [5, 5.41) is 3.20. The highest BCUT2D eigenvalue weighted by Crippen LogP contribution is 2.22. The Bertz CT molecular complexity index is 1290. The van der Waals surface area contributed by atoms with Crippen molar-refractivity contribution in [2.24, 2.45) is 0 Å². The maximum atomic E-state index is 13.9. The van der Waals surface area contributed by atoms with Gasteiger partial charge in [0.1, 0.15) is 12.6 Å². The molecule has 3 aromatic rings. The fraction of sp³-hybridized carbons (Fsp3) is 0.259. The number of likely N-dealkylation sites (N-methyl/N-ethyl adjacent to an activating group) is 1. The van der Waals surface area contributed by atoms with Gasteiger partial charge < -0.3 is 10.2 Å². The van der Waals surface area contributed by atoms with Gasteiger partial charge in [-0.25, -0.2) is 4.31 Å². The summed E-state index contributed by atoms with van der Waals surface area (Å²) in [6.45, 7) is -0.397. The molecule has 0 aliphatic heterocycles. The van der Waals surface area contributed by atoms with Gasteiger partial charge in [0.15, 0.2) is 0 Å². The average Bonchev–Trinajstić information content (AvgIpc) is 2.90. The van der Waals surface area contributed by atoms with Crippen molar-refractivity contribution in [2.75, 3.05) is 32.0 Å². The molecule has 1 unspecified atom stereocenters. The lowest BCUT2D eigenvalue weighted by molar-refractivity contribution is -0.139. The number of rotatable bonds is 11. The second-order valence-corrected chi connectivity index (χ2v) is 11.1. The summed E-state index contributed by atoms with van der Waals surface area (Å²) < 4.78 is 28.5. The second-order valence-electron chi connectivity index (χ2n) is 8.60. The summed E-state index contributed by atoms with van der Waals surface area (Å²) in [7, 11) is 0.317. The number of para-hydroxylation sites is 1. The lowest BCUT2D eigenvalue weighted by Crippen LogP contribution is -2.53. The van der Waals surface area contributed by atoms with Crippen molar-refractivity contribution in [1.82, 2.24) is 14.5 Å². The lowest BCUT2D eigenvalue weighted by atomic mass is 10.0. The van der Waals surface area contributed by atoms with Crippen molar-refractivity contribution in [2.45, 2.75) is 19.0 Å². The minimum Gasteiger partial charge on any atom is -0.357 e. The van der Waals surface area contributed by atoms with Gasteiger partial charge in [0.25, 0.3) is 0 Å². The van der Waals surface area contributed by atoms with E-state index in [9.17, 15) is 18.0 Å². The van der Waals surface area contributed by atoms with Crippen LogP contribution in [0.3, 0.4) is 0 Å². The summed E-state index contributed by atoms with van der Waals surface area (Å²) in [5.74, 6) is -0.873. The number of amides is 2. The molecule has 37 heavy (non-hydrogen) atoms.